The highest BCUT2D eigenvalue weighted by atomic mass is 16.5. The molecule has 0 fully saturated rings. The molecule has 0 saturated heterocycles. The molecule has 2 amide bonds. The summed E-state index contributed by atoms with van der Waals surface area (Å²) in [6, 6.07) is 18.7. The lowest BCUT2D eigenvalue weighted by Crippen LogP contribution is -2.24. The Morgan fingerprint density at radius 2 is 1.81 bits per heavy atom. The van der Waals surface area contributed by atoms with Gasteiger partial charge in [0.1, 0.15) is 6.61 Å². The number of carboxylic acids is 1. The summed E-state index contributed by atoms with van der Waals surface area (Å²) in [5, 5.41) is 15.6. The van der Waals surface area contributed by atoms with Crippen molar-refractivity contribution in [1.82, 2.24) is 5.43 Å². The summed E-state index contributed by atoms with van der Waals surface area (Å²) in [6.07, 6.45) is 1.49. The molecule has 3 aromatic rings. The third-order valence-electron chi connectivity index (χ3n) is 4.44. The van der Waals surface area contributed by atoms with Crippen molar-refractivity contribution in [3.63, 3.8) is 0 Å². The molecule has 0 heterocycles. The van der Waals surface area contributed by atoms with Crippen LogP contribution in [-0.4, -0.2) is 30.4 Å². The number of aryl methyl sites for hydroxylation is 1. The molecule has 0 unspecified atom stereocenters. The Labute approximate surface area is 185 Å². The van der Waals surface area contributed by atoms with E-state index in [4.69, 9.17) is 14.6 Å². The van der Waals surface area contributed by atoms with E-state index in [0.29, 0.717) is 22.7 Å². The number of carboxylic acid groups (broad SMARTS) is 1. The molecule has 3 rings (SSSR count). The van der Waals surface area contributed by atoms with Gasteiger partial charge in [0, 0.05) is 5.69 Å². The van der Waals surface area contributed by atoms with Gasteiger partial charge in [-0.15, -0.1) is 0 Å². The standard InChI is InChI=1S/C24H23N3O5/c1-16-4-3-5-20(12-16)26-24(30)27-25-14-18-8-11-21(22(13-18)31-2)32-15-17-6-9-19(10-7-17)23(28)29/h3-14H,15H2,1-2H3,(H,28,29)(H2,26,27,30)/b25-14+. The number of anilines is 1. The molecule has 0 aromatic heterocycles. The number of benzene rings is 3. The highest BCUT2D eigenvalue weighted by Crippen LogP contribution is 2.28. The Morgan fingerprint density at radius 3 is 2.50 bits per heavy atom. The Bertz CT molecular complexity index is 1130. The number of amides is 2. The topological polar surface area (TPSA) is 109 Å². The van der Waals surface area contributed by atoms with Crippen LogP contribution in [0.25, 0.3) is 0 Å². The molecule has 0 radical (unpaired) electrons. The maximum absolute atomic E-state index is 12.0. The molecule has 8 heteroatoms. The second-order valence-corrected chi connectivity index (χ2v) is 6.89. The molecule has 3 N–H and O–H groups in total. The lowest BCUT2D eigenvalue weighted by atomic mass is 10.1. The average molecular weight is 433 g/mol. The largest absolute Gasteiger partial charge is 0.493 e. The lowest BCUT2D eigenvalue weighted by Gasteiger charge is -2.11. The van der Waals surface area contributed by atoms with Gasteiger partial charge in [0.15, 0.2) is 11.5 Å². The summed E-state index contributed by atoms with van der Waals surface area (Å²) >= 11 is 0. The number of ether oxygens (including phenoxy) is 2. The van der Waals surface area contributed by atoms with Crippen LogP contribution in [0.2, 0.25) is 0 Å². The van der Waals surface area contributed by atoms with Crippen molar-refractivity contribution in [2.24, 2.45) is 5.10 Å². The Balaban J connectivity index is 1.56. The van der Waals surface area contributed by atoms with Crippen molar-refractivity contribution < 1.29 is 24.2 Å². The van der Waals surface area contributed by atoms with Gasteiger partial charge in [-0.2, -0.15) is 5.10 Å². The molecule has 0 bridgehead atoms. The highest BCUT2D eigenvalue weighted by molar-refractivity contribution is 5.90. The molecule has 0 aliphatic carbocycles. The second kappa shape index (κ2) is 10.6. The van der Waals surface area contributed by atoms with E-state index in [1.165, 1.54) is 25.5 Å². The van der Waals surface area contributed by atoms with E-state index < -0.39 is 12.0 Å². The van der Waals surface area contributed by atoms with Crippen LogP contribution in [-0.2, 0) is 6.61 Å². The van der Waals surface area contributed by atoms with E-state index in [0.717, 1.165) is 11.1 Å². The number of nitrogens with zero attached hydrogens (tertiary/aromatic N) is 1. The maximum Gasteiger partial charge on any atom is 0.339 e. The van der Waals surface area contributed by atoms with Crippen LogP contribution in [0.4, 0.5) is 10.5 Å². The Morgan fingerprint density at radius 1 is 1.03 bits per heavy atom. The lowest BCUT2D eigenvalue weighted by molar-refractivity contribution is 0.0696. The smallest absolute Gasteiger partial charge is 0.339 e. The zero-order chi connectivity index (χ0) is 22.9. The summed E-state index contributed by atoms with van der Waals surface area (Å²) in [5.74, 6) is 0.0518. The van der Waals surface area contributed by atoms with Gasteiger partial charge >= 0.3 is 12.0 Å². The SMILES string of the molecule is COc1cc(/C=N/NC(=O)Nc2cccc(C)c2)ccc1OCc1ccc(C(=O)O)cc1. The number of rotatable bonds is 8. The number of urea groups is 1. The van der Waals surface area contributed by atoms with Crippen LogP contribution in [0.5, 0.6) is 11.5 Å². The molecular formula is C24H23N3O5. The van der Waals surface area contributed by atoms with Gasteiger partial charge in [-0.1, -0.05) is 24.3 Å². The molecule has 0 atom stereocenters. The van der Waals surface area contributed by atoms with E-state index in [2.05, 4.69) is 15.8 Å². The van der Waals surface area contributed by atoms with Crippen molar-refractivity contribution in [3.05, 3.63) is 89.0 Å². The minimum absolute atomic E-state index is 0.219. The van der Waals surface area contributed by atoms with Gasteiger partial charge in [-0.25, -0.2) is 15.0 Å². The van der Waals surface area contributed by atoms with Gasteiger partial charge in [0.25, 0.3) is 0 Å². The van der Waals surface area contributed by atoms with Crippen molar-refractivity contribution in [2.75, 3.05) is 12.4 Å². The molecule has 32 heavy (non-hydrogen) atoms. The number of carbonyl (C=O) groups is 2. The molecule has 8 nitrogen and oxygen atoms in total. The minimum atomic E-state index is -0.974. The van der Waals surface area contributed by atoms with Crippen LogP contribution >= 0.6 is 0 Å². The predicted octanol–water partition coefficient (Wildman–Crippen LogP) is 4.44. The first-order chi connectivity index (χ1) is 15.4. The zero-order valence-electron chi connectivity index (χ0n) is 17.7. The number of hydrazone groups is 1. The summed E-state index contributed by atoms with van der Waals surface area (Å²) in [5.41, 5.74) is 5.88. The summed E-state index contributed by atoms with van der Waals surface area (Å²) in [6.45, 7) is 2.20. The second-order valence-electron chi connectivity index (χ2n) is 6.89. The summed E-state index contributed by atoms with van der Waals surface area (Å²) < 4.78 is 11.2. The minimum Gasteiger partial charge on any atom is -0.493 e. The summed E-state index contributed by atoms with van der Waals surface area (Å²) in [4.78, 5) is 22.9. The zero-order valence-corrected chi connectivity index (χ0v) is 17.7. The van der Waals surface area contributed by atoms with Crippen molar-refractivity contribution in [3.8, 4) is 11.5 Å². The van der Waals surface area contributed by atoms with Gasteiger partial charge in [0.2, 0.25) is 0 Å². The number of nitrogens with one attached hydrogen (secondary N) is 2. The quantitative estimate of drug-likeness (QED) is 0.360. The average Bonchev–Trinajstić information content (AvgIpc) is 2.78. The molecule has 0 saturated carbocycles. The first kappa shape index (κ1) is 22.4. The van der Waals surface area contributed by atoms with E-state index in [1.54, 1.807) is 36.4 Å². The molecule has 164 valence electrons. The molecule has 0 spiro atoms. The third kappa shape index (κ3) is 6.33. The van der Waals surface area contributed by atoms with Gasteiger partial charge < -0.3 is 19.9 Å². The van der Waals surface area contributed by atoms with Crippen LogP contribution < -0.4 is 20.2 Å². The number of hydrogen-bond donors (Lipinski definition) is 3. The Hall–Kier alpha value is -4.33. The van der Waals surface area contributed by atoms with E-state index in [-0.39, 0.29) is 12.2 Å². The number of carbonyl (C=O) groups excluding carboxylic acids is 1. The number of hydrogen-bond acceptors (Lipinski definition) is 5. The van der Waals surface area contributed by atoms with Crippen molar-refractivity contribution in [2.45, 2.75) is 13.5 Å². The monoisotopic (exact) mass is 433 g/mol. The fourth-order valence-corrected chi connectivity index (χ4v) is 2.84. The van der Waals surface area contributed by atoms with E-state index >= 15 is 0 Å². The Kier molecular flexibility index (Phi) is 7.42. The van der Waals surface area contributed by atoms with Crippen LogP contribution in [0.15, 0.2) is 71.8 Å². The molecular weight excluding hydrogens is 410 g/mol. The fourth-order valence-electron chi connectivity index (χ4n) is 2.84. The van der Waals surface area contributed by atoms with E-state index in [1.807, 2.05) is 25.1 Å². The van der Waals surface area contributed by atoms with Gasteiger partial charge in [-0.05, 0) is 66.1 Å². The molecule has 3 aromatic carbocycles. The van der Waals surface area contributed by atoms with Crippen LogP contribution in [0.1, 0.15) is 27.0 Å². The maximum atomic E-state index is 12.0. The van der Waals surface area contributed by atoms with Gasteiger partial charge in [-0.3, -0.25) is 0 Å². The van der Waals surface area contributed by atoms with Crippen molar-refractivity contribution >= 4 is 23.9 Å². The molecule has 0 aliphatic heterocycles. The highest BCUT2D eigenvalue weighted by Gasteiger charge is 2.07. The molecule has 0 aliphatic rings. The first-order valence-corrected chi connectivity index (χ1v) is 9.74. The van der Waals surface area contributed by atoms with Crippen molar-refractivity contribution in [1.29, 1.82) is 0 Å². The number of methoxy groups -OCH3 is 1. The van der Waals surface area contributed by atoms with E-state index in [9.17, 15) is 9.59 Å². The first-order valence-electron chi connectivity index (χ1n) is 9.74. The number of aromatic carboxylic acids is 1. The van der Waals surface area contributed by atoms with Crippen LogP contribution in [0.3, 0.4) is 0 Å². The predicted molar refractivity (Wildman–Crippen MR) is 122 cm³/mol. The third-order valence-corrected chi connectivity index (χ3v) is 4.44. The fraction of sp³-hybridized carbons (Fsp3) is 0.125. The van der Waals surface area contributed by atoms with Crippen LogP contribution in [0, 0.1) is 6.92 Å². The normalized spacial score (nSPS) is 10.6. The summed E-state index contributed by atoms with van der Waals surface area (Å²) in [7, 11) is 1.53. The van der Waals surface area contributed by atoms with Gasteiger partial charge in [0.05, 0.1) is 18.9 Å².